The first kappa shape index (κ1) is 11.1. The molecular formula is C9H10HgO2S. The molecule has 0 N–H and O–H groups in total. The van der Waals surface area contributed by atoms with Gasteiger partial charge in [-0.1, -0.05) is 0 Å². The summed E-state index contributed by atoms with van der Waals surface area (Å²) in [5.41, 5.74) is 0.638. The maximum atomic E-state index is 11.3. The number of hydrogen-bond donors (Lipinski definition) is 0. The topological polar surface area (TPSA) is 26.3 Å². The summed E-state index contributed by atoms with van der Waals surface area (Å²) < 4.78 is 6.27. The summed E-state index contributed by atoms with van der Waals surface area (Å²) >= 11 is -0.911. The van der Waals surface area contributed by atoms with E-state index < -0.39 is 23.1 Å². The maximum absolute atomic E-state index is 11.3. The van der Waals surface area contributed by atoms with E-state index in [2.05, 4.69) is 6.92 Å². The summed E-state index contributed by atoms with van der Waals surface area (Å²) in [7, 11) is 1.43. The van der Waals surface area contributed by atoms with Crippen molar-refractivity contribution in [2.45, 2.75) is 10.9 Å². The zero-order valence-electron chi connectivity index (χ0n) is 7.53. The summed E-state index contributed by atoms with van der Waals surface area (Å²) in [5.74, 6) is -0.209. The van der Waals surface area contributed by atoms with E-state index in [1.807, 2.05) is 18.2 Å². The predicted octanol–water partition coefficient (Wildman–Crippen LogP) is 2.93. The van der Waals surface area contributed by atoms with Crippen LogP contribution in [0.1, 0.15) is 17.3 Å². The fourth-order valence-corrected chi connectivity index (χ4v) is 5.42. The Morgan fingerprint density at radius 1 is 1.46 bits per heavy atom. The Labute approximate surface area is 92.8 Å². The van der Waals surface area contributed by atoms with E-state index in [1.54, 1.807) is 12.1 Å². The molecule has 0 fully saturated rings. The molecule has 0 aliphatic rings. The van der Waals surface area contributed by atoms with Crippen LogP contribution in [0.3, 0.4) is 0 Å². The number of carbonyl (C=O) groups excluding carboxylic acids is 1. The fraction of sp³-hybridized carbons (Fsp3) is 0.222. The normalized spacial score (nSPS) is 9.00. The van der Waals surface area contributed by atoms with Gasteiger partial charge in [-0.15, -0.1) is 0 Å². The van der Waals surface area contributed by atoms with Gasteiger partial charge in [-0.25, -0.2) is 0 Å². The van der Waals surface area contributed by atoms with Crippen molar-refractivity contribution in [1.29, 1.82) is 0 Å². The first-order valence-electron chi connectivity index (χ1n) is 4.23. The van der Waals surface area contributed by atoms with Gasteiger partial charge in [-0.05, 0) is 0 Å². The van der Waals surface area contributed by atoms with Crippen molar-refractivity contribution >= 4 is 14.5 Å². The van der Waals surface area contributed by atoms with Gasteiger partial charge in [0.25, 0.3) is 0 Å². The summed E-state index contributed by atoms with van der Waals surface area (Å²) in [4.78, 5) is 11.3. The van der Waals surface area contributed by atoms with Crippen LogP contribution in [0.5, 0.6) is 0 Å². The average Bonchev–Trinajstić information content (AvgIpc) is 2.19. The number of rotatable bonds is 4. The molecule has 13 heavy (non-hydrogen) atoms. The molecule has 0 aromatic heterocycles. The van der Waals surface area contributed by atoms with Gasteiger partial charge in [-0.3, -0.25) is 0 Å². The molecule has 0 unspecified atom stereocenters. The van der Waals surface area contributed by atoms with Crippen LogP contribution in [-0.2, 0) is 27.2 Å². The Hall–Kier alpha value is -0.0249. The van der Waals surface area contributed by atoms with Crippen molar-refractivity contribution in [1.82, 2.24) is 0 Å². The second-order valence-corrected chi connectivity index (χ2v) is 14.8. The van der Waals surface area contributed by atoms with Crippen molar-refractivity contribution in [3.05, 3.63) is 35.9 Å². The van der Waals surface area contributed by atoms with E-state index in [-0.39, 0.29) is 5.97 Å². The minimum absolute atomic E-state index is 0.209. The Bertz CT molecular complexity index is 264. The summed E-state index contributed by atoms with van der Waals surface area (Å²) in [5, 5.41) is 0. The van der Waals surface area contributed by atoms with E-state index >= 15 is 0 Å². The second-order valence-electron chi connectivity index (χ2n) is 2.56. The molecule has 4 heteroatoms. The number of hydrogen-bond acceptors (Lipinski definition) is 3. The third-order valence-electron chi connectivity index (χ3n) is 1.43. The zero-order chi connectivity index (χ0) is 9.52. The predicted molar refractivity (Wildman–Crippen MR) is 49.9 cm³/mol. The quantitative estimate of drug-likeness (QED) is 0.455. The van der Waals surface area contributed by atoms with E-state index in [4.69, 9.17) is 4.18 Å². The van der Waals surface area contributed by atoms with Crippen LogP contribution < -0.4 is 0 Å². The molecule has 2 nitrogen and oxygen atoms in total. The molecule has 0 spiro atoms. The number of carbonyl (C=O) groups is 1. The van der Waals surface area contributed by atoms with Crippen LogP contribution in [0.25, 0.3) is 0 Å². The van der Waals surface area contributed by atoms with Crippen LogP contribution in [0.15, 0.2) is 30.3 Å². The minimum atomic E-state index is -0.911. The molecule has 0 aliphatic heterocycles. The molecule has 0 aliphatic carbocycles. The molecule has 0 heterocycles. The van der Waals surface area contributed by atoms with Gasteiger partial charge < -0.3 is 0 Å². The first-order valence-corrected chi connectivity index (χ1v) is 15.8. The Balaban J connectivity index is 2.40. The molecule has 0 radical (unpaired) electrons. The molecule has 1 aromatic rings. The second kappa shape index (κ2) is 6.43. The molecule has 1 aromatic carbocycles. The third-order valence-corrected chi connectivity index (χ3v) is 10.4. The average molecular weight is 383 g/mol. The molecule has 0 atom stereocenters. The van der Waals surface area contributed by atoms with E-state index in [0.717, 1.165) is 0 Å². The van der Waals surface area contributed by atoms with Crippen molar-refractivity contribution in [3.8, 4) is 0 Å². The van der Waals surface area contributed by atoms with Crippen LogP contribution >= 0.6 is 8.52 Å². The Morgan fingerprint density at radius 2 is 2.15 bits per heavy atom. The van der Waals surface area contributed by atoms with E-state index in [9.17, 15) is 4.79 Å². The van der Waals surface area contributed by atoms with E-state index in [1.165, 1.54) is 12.5 Å². The van der Waals surface area contributed by atoms with Crippen LogP contribution in [0.2, 0.25) is 3.93 Å². The van der Waals surface area contributed by atoms with Gasteiger partial charge in [0.1, 0.15) is 0 Å². The van der Waals surface area contributed by atoms with Gasteiger partial charge in [0.15, 0.2) is 0 Å². The standard InChI is InChI=1S/C7H6O2S.C2H5.Hg/c8-7(9-10)6-4-2-1-3-5-6;1-2;/h1-5,10H;1H2,2H3;/q;;+1/p-1. The summed E-state index contributed by atoms with van der Waals surface area (Å²) in [6.45, 7) is 2.14. The summed E-state index contributed by atoms with van der Waals surface area (Å²) in [6, 6.07) is 9.10. The zero-order valence-corrected chi connectivity index (χ0v) is 13.8. The molecule has 66 valence electrons. The van der Waals surface area contributed by atoms with Gasteiger partial charge in [-0.2, -0.15) is 0 Å². The van der Waals surface area contributed by atoms with Crippen LogP contribution in [0.4, 0.5) is 0 Å². The molecular weight excluding hydrogens is 373 g/mol. The molecule has 0 amide bonds. The van der Waals surface area contributed by atoms with Gasteiger partial charge in [0, 0.05) is 0 Å². The number of benzene rings is 1. The van der Waals surface area contributed by atoms with Crippen molar-refractivity contribution < 1.29 is 32.0 Å². The molecule has 0 saturated carbocycles. The van der Waals surface area contributed by atoms with Crippen molar-refractivity contribution in [2.75, 3.05) is 0 Å². The van der Waals surface area contributed by atoms with Crippen LogP contribution in [-0.4, -0.2) is 5.97 Å². The monoisotopic (exact) mass is 384 g/mol. The summed E-state index contributed by atoms with van der Waals surface area (Å²) in [6.07, 6.45) is 0. The molecule has 1 rings (SSSR count). The van der Waals surface area contributed by atoms with Gasteiger partial charge >= 0.3 is 93.3 Å². The fourth-order valence-electron chi connectivity index (χ4n) is 0.801. The molecule has 0 saturated heterocycles. The Morgan fingerprint density at radius 3 is 2.77 bits per heavy atom. The Kier molecular flexibility index (Phi) is 5.47. The van der Waals surface area contributed by atoms with Crippen LogP contribution in [0, 0.1) is 0 Å². The van der Waals surface area contributed by atoms with Crippen molar-refractivity contribution in [3.63, 3.8) is 0 Å². The van der Waals surface area contributed by atoms with Gasteiger partial charge in [0.2, 0.25) is 0 Å². The third kappa shape index (κ3) is 4.14. The SMILES string of the molecule is C[CH2][Hg][S]OC(=O)c1ccccc1. The van der Waals surface area contributed by atoms with Gasteiger partial charge in [0.05, 0.1) is 0 Å². The molecule has 0 bridgehead atoms. The van der Waals surface area contributed by atoms with Crippen molar-refractivity contribution in [2.24, 2.45) is 0 Å². The first-order chi connectivity index (χ1) is 6.34. The van der Waals surface area contributed by atoms with E-state index in [0.29, 0.717) is 5.56 Å².